The molecule has 0 aliphatic carbocycles. The number of carbonyl (C=O) groups excluding carboxylic acids is 2. The minimum Gasteiger partial charge on any atom is -0.294 e. The summed E-state index contributed by atoms with van der Waals surface area (Å²) in [6, 6.07) is 5.42. The lowest BCUT2D eigenvalue weighted by Crippen LogP contribution is -2.06. The van der Waals surface area contributed by atoms with Crippen molar-refractivity contribution in [2.75, 3.05) is 0 Å². The van der Waals surface area contributed by atoms with Gasteiger partial charge in [0.05, 0.1) is 11.0 Å². The van der Waals surface area contributed by atoms with Crippen LogP contribution in [0.1, 0.15) is 16.1 Å². The lowest BCUT2D eigenvalue weighted by Gasteiger charge is -2.03. The number of nitrogens with zero attached hydrogens (tertiary/aromatic N) is 2. The van der Waals surface area contributed by atoms with Crippen LogP contribution in [0.2, 0.25) is 5.15 Å². The first-order valence-electron chi connectivity index (χ1n) is 4.56. The molecule has 0 fully saturated rings. The molecular formula is C11H7ClN2O2. The van der Waals surface area contributed by atoms with Crippen LogP contribution in [0.4, 0.5) is 0 Å². The zero-order chi connectivity index (χ0) is 11.7. The van der Waals surface area contributed by atoms with Crippen molar-refractivity contribution >= 4 is 34.7 Å². The number of benzene rings is 1. The lowest BCUT2D eigenvalue weighted by molar-refractivity contribution is -0.104. The fourth-order valence-electron chi connectivity index (χ4n) is 1.41. The second-order valence-corrected chi connectivity index (χ2v) is 3.65. The van der Waals surface area contributed by atoms with Crippen molar-refractivity contribution in [3.63, 3.8) is 0 Å². The van der Waals surface area contributed by atoms with Gasteiger partial charge < -0.3 is 0 Å². The van der Waals surface area contributed by atoms with Crippen molar-refractivity contribution in [1.82, 2.24) is 9.97 Å². The minimum absolute atomic E-state index is 0.0461. The van der Waals surface area contributed by atoms with Gasteiger partial charge in [0.25, 0.3) is 0 Å². The van der Waals surface area contributed by atoms with E-state index in [0.717, 1.165) is 5.56 Å². The van der Waals surface area contributed by atoms with E-state index in [1.807, 2.05) is 19.1 Å². The molecule has 0 unspecified atom stereocenters. The molecular weight excluding hydrogens is 228 g/mol. The molecule has 0 bridgehead atoms. The third kappa shape index (κ3) is 1.67. The maximum atomic E-state index is 11.2. The highest BCUT2D eigenvalue weighted by atomic mass is 35.5. The molecule has 1 heterocycles. The maximum absolute atomic E-state index is 11.2. The Morgan fingerprint density at radius 1 is 1.38 bits per heavy atom. The molecule has 0 radical (unpaired) electrons. The Bertz CT molecular complexity index is 596. The molecule has 80 valence electrons. The van der Waals surface area contributed by atoms with Crippen LogP contribution in [0.15, 0.2) is 18.2 Å². The predicted molar refractivity (Wildman–Crippen MR) is 59.7 cm³/mol. The molecule has 1 aromatic heterocycles. The summed E-state index contributed by atoms with van der Waals surface area (Å²) >= 11 is 5.78. The van der Waals surface area contributed by atoms with Gasteiger partial charge in [0, 0.05) is 0 Å². The van der Waals surface area contributed by atoms with Crippen molar-refractivity contribution in [3.05, 3.63) is 34.6 Å². The molecule has 0 saturated heterocycles. The number of ketones is 1. The van der Waals surface area contributed by atoms with Gasteiger partial charge >= 0.3 is 0 Å². The standard InChI is InChI=1S/C11H7ClN2O2/c1-6-3-2-4-7-9(6)14-10(8(16)5-15)11(12)13-7/h2-5H,1H3. The summed E-state index contributed by atoms with van der Waals surface area (Å²) in [5, 5.41) is -0.0461. The maximum Gasteiger partial charge on any atom is 0.246 e. The Kier molecular flexibility index (Phi) is 2.66. The molecule has 16 heavy (non-hydrogen) atoms. The van der Waals surface area contributed by atoms with E-state index >= 15 is 0 Å². The molecule has 4 nitrogen and oxygen atoms in total. The van der Waals surface area contributed by atoms with Crippen LogP contribution in [-0.2, 0) is 4.79 Å². The molecule has 1 aromatic carbocycles. The van der Waals surface area contributed by atoms with Gasteiger partial charge in [-0.25, -0.2) is 9.97 Å². The summed E-state index contributed by atoms with van der Waals surface area (Å²) < 4.78 is 0. The van der Waals surface area contributed by atoms with Gasteiger partial charge in [-0.3, -0.25) is 9.59 Å². The fourth-order valence-corrected chi connectivity index (χ4v) is 1.63. The van der Waals surface area contributed by atoms with E-state index in [9.17, 15) is 9.59 Å². The number of halogens is 1. The monoisotopic (exact) mass is 234 g/mol. The number of rotatable bonds is 2. The third-order valence-corrected chi connectivity index (χ3v) is 2.46. The van der Waals surface area contributed by atoms with Crippen LogP contribution < -0.4 is 0 Å². The summed E-state index contributed by atoms with van der Waals surface area (Å²) in [6.07, 6.45) is 0.181. The summed E-state index contributed by atoms with van der Waals surface area (Å²) in [4.78, 5) is 29.7. The van der Waals surface area contributed by atoms with Crippen LogP contribution >= 0.6 is 11.6 Å². The molecule has 5 heteroatoms. The van der Waals surface area contributed by atoms with Gasteiger partial charge in [0.15, 0.2) is 17.1 Å². The molecule has 2 rings (SSSR count). The Hall–Kier alpha value is -1.81. The van der Waals surface area contributed by atoms with Gasteiger partial charge in [-0.15, -0.1) is 0 Å². The number of Topliss-reactive ketones (excluding diaryl/α,β-unsaturated/α-hetero) is 1. The molecule has 0 aliphatic rings. The van der Waals surface area contributed by atoms with Gasteiger partial charge in [-0.1, -0.05) is 23.7 Å². The van der Waals surface area contributed by atoms with E-state index in [0.29, 0.717) is 11.0 Å². The van der Waals surface area contributed by atoms with Crippen LogP contribution in [0.5, 0.6) is 0 Å². The Morgan fingerprint density at radius 2 is 2.12 bits per heavy atom. The van der Waals surface area contributed by atoms with E-state index in [1.165, 1.54) is 0 Å². The fraction of sp³-hybridized carbons (Fsp3) is 0.0909. The van der Waals surface area contributed by atoms with Gasteiger partial charge in [-0.05, 0) is 18.6 Å². The molecule has 2 aromatic rings. The van der Waals surface area contributed by atoms with Crippen LogP contribution in [0, 0.1) is 6.92 Å². The quantitative estimate of drug-likeness (QED) is 0.453. The highest BCUT2D eigenvalue weighted by Gasteiger charge is 2.14. The Labute approximate surface area is 96.3 Å². The number of fused-ring (bicyclic) bond motifs is 1. The second-order valence-electron chi connectivity index (χ2n) is 3.29. The topological polar surface area (TPSA) is 59.9 Å². The van der Waals surface area contributed by atoms with Crippen molar-refractivity contribution in [1.29, 1.82) is 0 Å². The van der Waals surface area contributed by atoms with E-state index < -0.39 is 5.78 Å². The first kappa shape index (κ1) is 10.7. The number of carbonyl (C=O) groups is 2. The minimum atomic E-state index is -0.761. The van der Waals surface area contributed by atoms with E-state index in [-0.39, 0.29) is 17.1 Å². The van der Waals surface area contributed by atoms with Crippen molar-refractivity contribution in [2.45, 2.75) is 6.92 Å². The SMILES string of the molecule is Cc1cccc2nc(Cl)c(C(=O)C=O)nc12. The summed E-state index contributed by atoms with van der Waals surface area (Å²) in [7, 11) is 0. The van der Waals surface area contributed by atoms with Gasteiger partial charge in [0.1, 0.15) is 0 Å². The summed E-state index contributed by atoms with van der Waals surface area (Å²) in [5.41, 5.74) is 1.96. The van der Waals surface area contributed by atoms with E-state index in [2.05, 4.69) is 9.97 Å². The molecule has 0 spiro atoms. The number of aldehydes is 1. The summed E-state index contributed by atoms with van der Waals surface area (Å²) in [5.74, 6) is -0.761. The smallest absolute Gasteiger partial charge is 0.246 e. The van der Waals surface area contributed by atoms with Crippen LogP contribution in [-0.4, -0.2) is 22.0 Å². The first-order valence-corrected chi connectivity index (χ1v) is 4.93. The predicted octanol–water partition coefficient (Wildman–Crippen LogP) is 1.97. The molecule has 0 amide bonds. The average molecular weight is 235 g/mol. The molecule has 0 N–H and O–H groups in total. The van der Waals surface area contributed by atoms with Crippen molar-refractivity contribution in [3.8, 4) is 0 Å². The average Bonchev–Trinajstić information content (AvgIpc) is 2.28. The van der Waals surface area contributed by atoms with E-state index in [1.54, 1.807) is 6.07 Å². The summed E-state index contributed by atoms with van der Waals surface area (Å²) in [6.45, 7) is 1.85. The Morgan fingerprint density at radius 3 is 2.81 bits per heavy atom. The zero-order valence-corrected chi connectivity index (χ0v) is 9.15. The van der Waals surface area contributed by atoms with E-state index in [4.69, 9.17) is 11.6 Å². The Balaban J connectivity index is 2.79. The number of hydrogen-bond donors (Lipinski definition) is 0. The lowest BCUT2D eigenvalue weighted by atomic mass is 10.2. The third-order valence-electron chi connectivity index (χ3n) is 2.19. The highest BCUT2D eigenvalue weighted by Crippen LogP contribution is 2.19. The van der Waals surface area contributed by atoms with Crippen molar-refractivity contribution in [2.24, 2.45) is 0 Å². The number of hydrogen-bond acceptors (Lipinski definition) is 4. The number of aromatic nitrogens is 2. The molecule has 0 aliphatic heterocycles. The van der Waals surface area contributed by atoms with Crippen molar-refractivity contribution < 1.29 is 9.59 Å². The second kappa shape index (κ2) is 3.98. The van der Waals surface area contributed by atoms with Gasteiger partial charge in [-0.2, -0.15) is 0 Å². The first-order chi connectivity index (χ1) is 7.63. The normalized spacial score (nSPS) is 10.4. The van der Waals surface area contributed by atoms with Crippen LogP contribution in [0.3, 0.4) is 0 Å². The highest BCUT2D eigenvalue weighted by molar-refractivity contribution is 6.40. The van der Waals surface area contributed by atoms with Crippen LogP contribution in [0.25, 0.3) is 11.0 Å². The van der Waals surface area contributed by atoms with Gasteiger partial charge in [0.2, 0.25) is 5.78 Å². The largest absolute Gasteiger partial charge is 0.294 e. The molecule has 0 saturated carbocycles. The number of aryl methyl sites for hydroxylation is 1. The zero-order valence-electron chi connectivity index (χ0n) is 8.40. The molecule has 0 atom stereocenters. The number of para-hydroxylation sites is 1.